The van der Waals surface area contributed by atoms with Gasteiger partial charge < -0.3 is 9.57 Å². The van der Waals surface area contributed by atoms with Gasteiger partial charge in [-0.1, -0.05) is 34.4 Å². The molecule has 114 valence electrons. The number of nitrogens with zero attached hydrogens (tertiary/aromatic N) is 2. The van der Waals surface area contributed by atoms with Gasteiger partial charge in [-0.3, -0.25) is 4.98 Å². The maximum absolute atomic E-state index is 11.8. The molecule has 0 spiro atoms. The maximum Gasteiger partial charge on any atom is 0.374 e. The first-order valence-electron chi connectivity index (χ1n) is 6.32. The van der Waals surface area contributed by atoms with E-state index < -0.39 is 12.1 Å². The van der Waals surface area contributed by atoms with Crippen molar-refractivity contribution in [2.45, 2.75) is 13.0 Å². The summed E-state index contributed by atoms with van der Waals surface area (Å²) in [4.78, 5) is 20.4. The zero-order chi connectivity index (χ0) is 15.9. The second-order valence-corrected chi connectivity index (χ2v) is 5.11. The molecule has 0 N–H and O–H groups in total. The largest absolute Gasteiger partial charge is 0.477 e. The minimum absolute atomic E-state index is 0.301. The highest BCUT2D eigenvalue weighted by Crippen LogP contribution is 2.28. The molecule has 0 saturated carbocycles. The van der Waals surface area contributed by atoms with Crippen molar-refractivity contribution >= 4 is 35.4 Å². The van der Waals surface area contributed by atoms with Crippen LogP contribution in [0.25, 0.3) is 0 Å². The number of carbonyl (C=O) groups is 1. The Morgan fingerprint density at radius 3 is 2.91 bits per heavy atom. The van der Waals surface area contributed by atoms with E-state index in [-0.39, 0.29) is 0 Å². The van der Waals surface area contributed by atoms with Gasteiger partial charge in [0, 0.05) is 29.0 Å². The van der Waals surface area contributed by atoms with Gasteiger partial charge >= 0.3 is 5.97 Å². The predicted molar refractivity (Wildman–Crippen MR) is 84.5 cm³/mol. The van der Waals surface area contributed by atoms with E-state index in [1.165, 1.54) is 19.2 Å². The van der Waals surface area contributed by atoms with E-state index in [0.29, 0.717) is 21.4 Å². The van der Waals surface area contributed by atoms with E-state index in [2.05, 4.69) is 10.1 Å². The third-order valence-corrected chi connectivity index (χ3v) is 3.11. The highest BCUT2D eigenvalue weighted by atomic mass is 35.5. The quantitative estimate of drug-likeness (QED) is 0.473. The Morgan fingerprint density at radius 1 is 1.36 bits per heavy atom. The summed E-state index contributed by atoms with van der Waals surface area (Å²) < 4.78 is 5.41. The van der Waals surface area contributed by atoms with Crippen LogP contribution in [0.5, 0.6) is 5.75 Å². The van der Waals surface area contributed by atoms with Crippen molar-refractivity contribution in [2.24, 2.45) is 5.16 Å². The molecule has 0 aliphatic carbocycles. The van der Waals surface area contributed by atoms with Crippen LogP contribution < -0.4 is 4.74 Å². The van der Waals surface area contributed by atoms with Gasteiger partial charge in [-0.05, 0) is 25.1 Å². The fraction of sp³-hybridized carbons (Fsp3) is 0.133. The molecule has 0 radical (unpaired) electrons. The summed E-state index contributed by atoms with van der Waals surface area (Å²) in [6.07, 6.45) is 3.71. The molecule has 22 heavy (non-hydrogen) atoms. The van der Waals surface area contributed by atoms with Gasteiger partial charge in [0.1, 0.15) is 5.75 Å². The summed E-state index contributed by atoms with van der Waals surface area (Å²) in [6.45, 7) is 1.53. The first kappa shape index (κ1) is 16.3. The molecule has 5 nitrogen and oxygen atoms in total. The van der Waals surface area contributed by atoms with E-state index in [1.807, 2.05) is 0 Å². The Labute approximate surface area is 137 Å². The third-order valence-electron chi connectivity index (χ3n) is 2.56. The second kappa shape index (κ2) is 7.77. The SMILES string of the molecule is CC(Oc1cc(Cl)ccc1Cl)C(=O)ON=Cc1cccnc1. The molecule has 2 rings (SSSR count). The van der Waals surface area contributed by atoms with Crippen LogP contribution in [-0.2, 0) is 9.63 Å². The van der Waals surface area contributed by atoms with Gasteiger partial charge in [-0.25, -0.2) is 4.79 Å². The number of halogens is 2. The van der Waals surface area contributed by atoms with Crippen LogP contribution in [0.15, 0.2) is 47.9 Å². The summed E-state index contributed by atoms with van der Waals surface area (Å²) in [5, 5.41) is 4.39. The topological polar surface area (TPSA) is 60.8 Å². The van der Waals surface area contributed by atoms with E-state index in [9.17, 15) is 4.79 Å². The number of aromatic nitrogens is 1. The molecule has 0 amide bonds. The van der Waals surface area contributed by atoms with E-state index in [1.54, 1.807) is 36.7 Å². The first-order chi connectivity index (χ1) is 10.6. The van der Waals surface area contributed by atoms with Gasteiger partial charge in [0.2, 0.25) is 0 Å². The van der Waals surface area contributed by atoms with Crippen molar-refractivity contribution in [3.05, 3.63) is 58.3 Å². The molecule has 2 aromatic rings. The monoisotopic (exact) mass is 338 g/mol. The molecule has 0 saturated heterocycles. The standard InChI is InChI=1S/C15H12Cl2N2O3/c1-10(21-14-7-12(16)4-5-13(14)17)15(20)22-19-9-11-3-2-6-18-8-11/h2-10H,1H3. The van der Waals surface area contributed by atoms with Crippen molar-refractivity contribution < 1.29 is 14.4 Å². The van der Waals surface area contributed by atoms with Crippen LogP contribution in [0.1, 0.15) is 12.5 Å². The molecule has 7 heteroatoms. The molecule has 0 aliphatic heterocycles. The molecule has 1 unspecified atom stereocenters. The van der Waals surface area contributed by atoms with Crippen molar-refractivity contribution in [3.63, 3.8) is 0 Å². The fourth-order valence-corrected chi connectivity index (χ4v) is 1.80. The van der Waals surface area contributed by atoms with Gasteiger partial charge in [0.15, 0.2) is 6.10 Å². The lowest BCUT2D eigenvalue weighted by Gasteiger charge is -2.13. The van der Waals surface area contributed by atoms with Crippen LogP contribution in [-0.4, -0.2) is 23.3 Å². The molecule has 1 aromatic heterocycles. The van der Waals surface area contributed by atoms with Gasteiger partial charge in [-0.15, -0.1) is 0 Å². The number of hydrogen-bond donors (Lipinski definition) is 0. The van der Waals surface area contributed by atoms with Crippen molar-refractivity contribution in [2.75, 3.05) is 0 Å². The van der Waals surface area contributed by atoms with Crippen LogP contribution in [0.2, 0.25) is 10.0 Å². The van der Waals surface area contributed by atoms with Crippen molar-refractivity contribution in [3.8, 4) is 5.75 Å². The van der Waals surface area contributed by atoms with Crippen LogP contribution in [0, 0.1) is 0 Å². The molecule has 0 fully saturated rings. The summed E-state index contributed by atoms with van der Waals surface area (Å²) in [5.74, 6) is -0.356. The second-order valence-electron chi connectivity index (χ2n) is 4.27. The third kappa shape index (κ3) is 4.72. The first-order valence-corrected chi connectivity index (χ1v) is 7.08. The lowest BCUT2D eigenvalue weighted by Crippen LogP contribution is -2.24. The lowest BCUT2D eigenvalue weighted by atomic mass is 10.3. The summed E-state index contributed by atoms with van der Waals surface area (Å²) >= 11 is 11.8. The van der Waals surface area contributed by atoms with E-state index >= 15 is 0 Å². The fourth-order valence-electron chi connectivity index (χ4n) is 1.47. The number of hydrogen-bond acceptors (Lipinski definition) is 5. The summed E-state index contributed by atoms with van der Waals surface area (Å²) in [7, 11) is 0. The van der Waals surface area contributed by atoms with Gasteiger partial charge in [0.25, 0.3) is 0 Å². The highest BCUT2D eigenvalue weighted by Gasteiger charge is 2.18. The Kier molecular flexibility index (Phi) is 5.75. The lowest BCUT2D eigenvalue weighted by molar-refractivity contribution is -0.151. The van der Waals surface area contributed by atoms with Crippen LogP contribution >= 0.6 is 23.2 Å². The number of rotatable bonds is 5. The molecular weight excluding hydrogens is 327 g/mol. The molecule has 1 heterocycles. The Bertz CT molecular complexity index is 678. The average Bonchev–Trinajstić information content (AvgIpc) is 2.52. The smallest absolute Gasteiger partial charge is 0.374 e. The maximum atomic E-state index is 11.8. The normalized spacial score (nSPS) is 12.1. The predicted octanol–water partition coefficient (Wildman–Crippen LogP) is 3.73. The molecule has 1 aromatic carbocycles. The Morgan fingerprint density at radius 2 is 2.18 bits per heavy atom. The molecule has 0 bridgehead atoms. The van der Waals surface area contributed by atoms with Gasteiger partial charge in [-0.2, -0.15) is 0 Å². The van der Waals surface area contributed by atoms with E-state index in [4.69, 9.17) is 32.8 Å². The molecule has 0 aliphatic rings. The van der Waals surface area contributed by atoms with Gasteiger partial charge in [0.05, 0.1) is 11.2 Å². The number of benzene rings is 1. The minimum atomic E-state index is -0.887. The number of pyridine rings is 1. The number of oxime groups is 1. The van der Waals surface area contributed by atoms with Crippen molar-refractivity contribution in [1.82, 2.24) is 4.98 Å². The molecular formula is C15H12Cl2N2O3. The number of carbonyl (C=O) groups excluding carboxylic acids is 1. The van der Waals surface area contributed by atoms with Crippen LogP contribution in [0.3, 0.4) is 0 Å². The molecule has 1 atom stereocenters. The van der Waals surface area contributed by atoms with E-state index in [0.717, 1.165) is 0 Å². The summed E-state index contributed by atoms with van der Waals surface area (Å²) in [6, 6.07) is 8.24. The zero-order valence-electron chi connectivity index (χ0n) is 11.6. The summed E-state index contributed by atoms with van der Waals surface area (Å²) in [5.41, 5.74) is 0.710. The Balaban J connectivity index is 1.92. The van der Waals surface area contributed by atoms with Crippen molar-refractivity contribution in [1.29, 1.82) is 0 Å². The Hall–Kier alpha value is -2.11. The number of ether oxygens (including phenoxy) is 1. The highest BCUT2D eigenvalue weighted by molar-refractivity contribution is 6.34. The minimum Gasteiger partial charge on any atom is -0.477 e. The average molecular weight is 339 g/mol. The van der Waals surface area contributed by atoms with Crippen LogP contribution in [0.4, 0.5) is 0 Å². The zero-order valence-corrected chi connectivity index (χ0v) is 13.1.